The monoisotopic (exact) mass is 176 g/mol. The van der Waals surface area contributed by atoms with Crippen molar-refractivity contribution in [3.8, 4) is 0 Å². The molecule has 0 aromatic rings. The van der Waals surface area contributed by atoms with Gasteiger partial charge in [0, 0.05) is 0 Å². The average Bonchev–Trinajstić information content (AvgIpc) is 1.79. The van der Waals surface area contributed by atoms with Crippen LogP contribution in [0.3, 0.4) is 0 Å². The van der Waals surface area contributed by atoms with Gasteiger partial charge in [-0.25, -0.2) is 13.3 Å². The molecule has 0 atom stereocenters. The maximum absolute atomic E-state index is 12.0. The van der Waals surface area contributed by atoms with Crippen LogP contribution in [0.4, 0.5) is 13.0 Å². The topological polar surface area (TPSA) is 35.5 Å². The molecule has 0 radical (unpaired) electrons. The molecule has 1 fully saturated rings. The zero-order chi connectivity index (χ0) is 7.83. The van der Waals surface area contributed by atoms with Crippen molar-refractivity contribution in [3.63, 3.8) is 0 Å². The lowest BCUT2D eigenvalue weighted by atomic mass is 10.4. The lowest BCUT2D eigenvalue weighted by Gasteiger charge is -2.23. The molecule has 0 aromatic carbocycles. The standard InChI is InChI=1S/C3H4F3O3P/c4-3(5)1-8-10(6,7)9-2-3/h1-2H2. The lowest BCUT2D eigenvalue weighted by molar-refractivity contribution is -0.109. The van der Waals surface area contributed by atoms with E-state index >= 15 is 0 Å². The smallest absolute Gasteiger partial charge is 0.277 e. The fourth-order valence-corrected chi connectivity index (χ4v) is 1.18. The van der Waals surface area contributed by atoms with Crippen LogP contribution >= 0.6 is 7.91 Å². The lowest BCUT2D eigenvalue weighted by Crippen LogP contribution is -2.32. The van der Waals surface area contributed by atoms with Crippen molar-refractivity contribution < 1.29 is 26.6 Å². The molecule has 0 aromatic heterocycles. The highest BCUT2D eigenvalue weighted by atomic mass is 31.2. The van der Waals surface area contributed by atoms with Gasteiger partial charge in [0.25, 0.3) is 5.92 Å². The van der Waals surface area contributed by atoms with Crippen LogP contribution in [0.1, 0.15) is 0 Å². The number of rotatable bonds is 0. The van der Waals surface area contributed by atoms with Crippen molar-refractivity contribution in [3.05, 3.63) is 0 Å². The molecule has 1 rings (SSSR count). The third kappa shape index (κ3) is 1.97. The first-order valence-electron chi connectivity index (χ1n) is 2.38. The Morgan fingerprint density at radius 3 is 2.00 bits per heavy atom. The minimum Gasteiger partial charge on any atom is -0.277 e. The van der Waals surface area contributed by atoms with Gasteiger partial charge in [0.05, 0.1) is 0 Å². The highest BCUT2D eigenvalue weighted by molar-refractivity contribution is 7.48. The first-order chi connectivity index (χ1) is 4.41. The minimum absolute atomic E-state index is 1.18. The van der Waals surface area contributed by atoms with E-state index in [0.29, 0.717) is 0 Å². The molecule has 7 heteroatoms. The Labute approximate surface area is 54.8 Å². The summed E-state index contributed by atoms with van der Waals surface area (Å²) in [6.07, 6.45) is 0. The van der Waals surface area contributed by atoms with Crippen molar-refractivity contribution >= 4 is 7.91 Å². The first kappa shape index (κ1) is 8.04. The van der Waals surface area contributed by atoms with Crippen molar-refractivity contribution in [2.45, 2.75) is 5.92 Å². The summed E-state index contributed by atoms with van der Waals surface area (Å²) < 4.78 is 53.3. The van der Waals surface area contributed by atoms with Crippen LogP contribution in [-0.4, -0.2) is 19.1 Å². The molecule has 0 amide bonds. The molecular formula is C3H4F3O3P. The largest absolute Gasteiger partial charge is 0.513 e. The molecule has 1 aliphatic rings. The van der Waals surface area contributed by atoms with Crippen LogP contribution in [0, 0.1) is 0 Å². The molecule has 0 bridgehead atoms. The van der Waals surface area contributed by atoms with Gasteiger partial charge in [-0.05, 0) is 0 Å². The number of halogens is 3. The van der Waals surface area contributed by atoms with Gasteiger partial charge in [0.15, 0.2) is 0 Å². The summed E-state index contributed by atoms with van der Waals surface area (Å²) in [7, 11) is -4.65. The second-order valence-electron chi connectivity index (χ2n) is 1.83. The van der Waals surface area contributed by atoms with Crippen LogP contribution in [0.2, 0.25) is 0 Å². The second-order valence-corrected chi connectivity index (χ2v) is 3.21. The van der Waals surface area contributed by atoms with Gasteiger partial charge in [-0.3, -0.25) is 9.05 Å². The van der Waals surface area contributed by atoms with E-state index in [2.05, 4.69) is 9.05 Å². The zero-order valence-electron chi connectivity index (χ0n) is 4.72. The number of alkyl halides is 2. The van der Waals surface area contributed by atoms with Crippen molar-refractivity contribution in [2.75, 3.05) is 13.2 Å². The van der Waals surface area contributed by atoms with E-state index in [1.165, 1.54) is 0 Å². The predicted molar refractivity (Wildman–Crippen MR) is 25.6 cm³/mol. The van der Waals surface area contributed by atoms with Gasteiger partial charge in [-0.15, -0.1) is 4.20 Å². The highest BCUT2D eigenvalue weighted by Gasteiger charge is 2.43. The molecule has 0 aliphatic carbocycles. The number of hydrogen-bond donors (Lipinski definition) is 0. The normalized spacial score (nSPS) is 29.9. The molecule has 3 nitrogen and oxygen atoms in total. The third-order valence-corrected chi connectivity index (χ3v) is 1.73. The summed E-state index contributed by atoms with van der Waals surface area (Å²) in [5.41, 5.74) is 0. The van der Waals surface area contributed by atoms with Gasteiger partial charge in [-0.2, -0.15) is 0 Å². The highest BCUT2D eigenvalue weighted by Crippen LogP contribution is 2.54. The first-order valence-corrected chi connectivity index (χ1v) is 3.81. The third-order valence-electron chi connectivity index (χ3n) is 0.860. The van der Waals surface area contributed by atoms with Gasteiger partial charge in [0.1, 0.15) is 13.2 Å². The van der Waals surface area contributed by atoms with E-state index in [0.717, 1.165) is 0 Å². The van der Waals surface area contributed by atoms with Gasteiger partial charge >= 0.3 is 7.91 Å². The Morgan fingerprint density at radius 1 is 1.30 bits per heavy atom. The van der Waals surface area contributed by atoms with Crippen LogP contribution in [0.25, 0.3) is 0 Å². The number of hydrogen-bond acceptors (Lipinski definition) is 3. The SMILES string of the molecule is O=P1(F)OCC(F)(F)CO1. The Bertz CT molecular complexity index is 168. The summed E-state index contributed by atoms with van der Waals surface area (Å²) in [6, 6.07) is 0. The molecule has 0 spiro atoms. The molecule has 60 valence electrons. The summed E-state index contributed by atoms with van der Waals surface area (Å²) in [6.45, 7) is -2.36. The molecule has 1 saturated heterocycles. The fraction of sp³-hybridized carbons (Fsp3) is 1.00. The Balaban J connectivity index is 2.54. The quantitative estimate of drug-likeness (QED) is 0.527. The maximum Gasteiger partial charge on any atom is 0.513 e. The molecule has 10 heavy (non-hydrogen) atoms. The van der Waals surface area contributed by atoms with E-state index in [9.17, 15) is 17.5 Å². The molecule has 0 unspecified atom stereocenters. The predicted octanol–water partition coefficient (Wildman–Crippen LogP) is 1.75. The molecule has 0 N–H and O–H groups in total. The Kier molecular flexibility index (Phi) is 1.78. The van der Waals surface area contributed by atoms with Gasteiger partial charge in [-0.1, -0.05) is 0 Å². The Hall–Kier alpha value is -0.0600. The van der Waals surface area contributed by atoms with Gasteiger partial charge < -0.3 is 0 Å². The average molecular weight is 176 g/mol. The minimum atomic E-state index is -4.65. The zero-order valence-corrected chi connectivity index (χ0v) is 5.61. The van der Waals surface area contributed by atoms with E-state index < -0.39 is 27.0 Å². The van der Waals surface area contributed by atoms with E-state index in [4.69, 9.17) is 0 Å². The van der Waals surface area contributed by atoms with Crippen LogP contribution in [0.5, 0.6) is 0 Å². The van der Waals surface area contributed by atoms with Crippen LogP contribution in [-0.2, 0) is 13.6 Å². The summed E-state index contributed by atoms with van der Waals surface area (Å²) in [4.78, 5) is 0. The Morgan fingerprint density at radius 2 is 1.70 bits per heavy atom. The molecular weight excluding hydrogens is 172 g/mol. The summed E-state index contributed by atoms with van der Waals surface area (Å²) >= 11 is 0. The maximum atomic E-state index is 12.0. The summed E-state index contributed by atoms with van der Waals surface area (Å²) in [5, 5.41) is 0. The second kappa shape index (κ2) is 2.22. The molecule has 0 saturated carbocycles. The van der Waals surface area contributed by atoms with E-state index in [1.807, 2.05) is 0 Å². The fourth-order valence-electron chi connectivity index (χ4n) is 0.422. The molecule has 1 aliphatic heterocycles. The van der Waals surface area contributed by atoms with Gasteiger partial charge in [0.2, 0.25) is 0 Å². The van der Waals surface area contributed by atoms with Crippen molar-refractivity contribution in [1.82, 2.24) is 0 Å². The van der Waals surface area contributed by atoms with Crippen molar-refractivity contribution in [2.24, 2.45) is 0 Å². The van der Waals surface area contributed by atoms with Crippen LogP contribution in [0.15, 0.2) is 0 Å². The van der Waals surface area contributed by atoms with Crippen LogP contribution < -0.4 is 0 Å². The molecule has 1 heterocycles. The van der Waals surface area contributed by atoms with E-state index in [1.54, 1.807) is 0 Å². The van der Waals surface area contributed by atoms with Crippen molar-refractivity contribution in [1.29, 1.82) is 0 Å². The summed E-state index contributed by atoms with van der Waals surface area (Å²) in [5.74, 6) is -3.22. The van der Waals surface area contributed by atoms with E-state index in [-0.39, 0.29) is 0 Å².